The molecule has 1 amide bonds. The molecule has 1 aromatic carbocycles. The predicted molar refractivity (Wildman–Crippen MR) is 87.4 cm³/mol. The van der Waals surface area contributed by atoms with E-state index in [-0.39, 0.29) is 11.8 Å². The van der Waals surface area contributed by atoms with Gasteiger partial charge in [-0.1, -0.05) is 24.3 Å². The maximum atomic E-state index is 11.8. The summed E-state index contributed by atoms with van der Waals surface area (Å²) >= 11 is 0. The van der Waals surface area contributed by atoms with E-state index in [1.807, 2.05) is 0 Å². The molecule has 120 valence electrons. The first-order valence-electron chi connectivity index (χ1n) is 8.18. The van der Waals surface area contributed by atoms with Gasteiger partial charge in [0, 0.05) is 52.4 Å². The Kier molecular flexibility index (Phi) is 5.08. The molecular weight excluding hydrogens is 276 g/mol. The molecule has 0 saturated carbocycles. The zero-order chi connectivity index (χ0) is 15.4. The maximum absolute atomic E-state index is 11.8. The second-order valence-corrected chi connectivity index (χ2v) is 6.47. The highest BCUT2D eigenvalue weighted by molar-refractivity contribution is 5.79. The van der Waals surface area contributed by atoms with Gasteiger partial charge in [0.25, 0.3) is 0 Å². The van der Waals surface area contributed by atoms with E-state index in [4.69, 9.17) is 0 Å². The van der Waals surface area contributed by atoms with Crippen molar-refractivity contribution in [1.82, 2.24) is 20.4 Å². The summed E-state index contributed by atoms with van der Waals surface area (Å²) in [6.45, 7) is 7.87. The van der Waals surface area contributed by atoms with Crippen LogP contribution >= 0.6 is 0 Å². The molecule has 3 rings (SSSR count). The zero-order valence-corrected chi connectivity index (χ0v) is 13.3. The molecule has 2 aliphatic heterocycles. The molecule has 5 nitrogen and oxygen atoms in total. The van der Waals surface area contributed by atoms with Crippen molar-refractivity contribution >= 4 is 5.91 Å². The Bertz CT molecular complexity index is 490. The lowest BCUT2D eigenvalue weighted by Crippen LogP contribution is -2.50. The minimum absolute atomic E-state index is 0.163. The van der Waals surface area contributed by atoms with Crippen molar-refractivity contribution in [2.75, 3.05) is 46.3 Å². The standard InChI is InChI=1S/C17H26N4O/c1-20-6-8-21(9-7-20)13-15-4-2-14(3-5-15)10-19-17(22)16-11-18-12-16/h2-5,16,18H,6-13H2,1H3,(H,19,22). The SMILES string of the molecule is CN1CCN(Cc2ccc(CNC(=O)C3CNC3)cc2)CC1. The van der Waals surface area contributed by atoms with E-state index < -0.39 is 0 Å². The molecule has 0 unspecified atom stereocenters. The summed E-state index contributed by atoms with van der Waals surface area (Å²) in [5.74, 6) is 0.330. The Balaban J connectivity index is 1.44. The summed E-state index contributed by atoms with van der Waals surface area (Å²) in [5, 5.41) is 6.13. The lowest BCUT2D eigenvalue weighted by Gasteiger charge is -2.32. The molecule has 2 N–H and O–H groups in total. The summed E-state index contributed by atoms with van der Waals surface area (Å²) in [4.78, 5) is 16.7. The topological polar surface area (TPSA) is 47.6 Å². The number of carbonyl (C=O) groups is 1. The quantitative estimate of drug-likeness (QED) is 0.820. The lowest BCUT2D eigenvalue weighted by molar-refractivity contribution is -0.126. The molecule has 5 heteroatoms. The largest absolute Gasteiger partial charge is 0.352 e. The van der Waals surface area contributed by atoms with Crippen LogP contribution in [0.5, 0.6) is 0 Å². The van der Waals surface area contributed by atoms with Crippen molar-refractivity contribution in [2.24, 2.45) is 5.92 Å². The average Bonchev–Trinajstić information content (AvgIpc) is 2.47. The van der Waals surface area contributed by atoms with Crippen LogP contribution in [0, 0.1) is 5.92 Å². The number of hydrogen-bond donors (Lipinski definition) is 2. The van der Waals surface area contributed by atoms with Gasteiger partial charge >= 0.3 is 0 Å². The van der Waals surface area contributed by atoms with Crippen molar-refractivity contribution in [3.63, 3.8) is 0 Å². The van der Waals surface area contributed by atoms with Crippen molar-refractivity contribution < 1.29 is 4.79 Å². The van der Waals surface area contributed by atoms with Gasteiger partial charge in [0.15, 0.2) is 0 Å². The molecule has 2 aliphatic rings. The Morgan fingerprint density at radius 2 is 1.77 bits per heavy atom. The van der Waals surface area contributed by atoms with Gasteiger partial charge in [-0.25, -0.2) is 0 Å². The van der Waals surface area contributed by atoms with Gasteiger partial charge < -0.3 is 15.5 Å². The van der Waals surface area contributed by atoms with Crippen LogP contribution in [0.25, 0.3) is 0 Å². The van der Waals surface area contributed by atoms with Gasteiger partial charge in [-0.15, -0.1) is 0 Å². The molecule has 2 saturated heterocycles. The van der Waals surface area contributed by atoms with Crippen molar-refractivity contribution in [3.05, 3.63) is 35.4 Å². The van der Waals surface area contributed by atoms with Crippen LogP contribution in [0.4, 0.5) is 0 Å². The molecule has 1 aromatic rings. The Morgan fingerprint density at radius 1 is 1.14 bits per heavy atom. The molecule has 0 aromatic heterocycles. The fraction of sp³-hybridized carbons (Fsp3) is 0.588. The number of benzene rings is 1. The summed E-state index contributed by atoms with van der Waals surface area (Å²) in [7, 11) is 2.18. The van der Waals surface area contributed by atoms with Crippen LogP contribution in [0.3, 0.4) is 0 Å². The minimum atomic E-state index is 0.163. The predicted octanol–water partition coefficient (Wildman–Crippen LogP) is 0.270. The number of carbonyl (C=O) groups excluding carboxylic acids is 1. The van der Waals surface area contributed by atoms with Gasteiger partial charge in [-0.05, 0) is 18.2 Å². The minimum Gasteiger partial charge on any atom is -0.352 e. The fourth-order valence-corrected chi connectivity index (χ4v) is 2.83. The number of likely N-dealkylation sites (N-methyl/N-ethyl adjacent to an activating group) is 1. The van der Waals surface area contributed by atoms with Crippen LogP contribution in [0.15, 0.2) is 24.3 Å². The normalized spacial score (nSPS) is 20.6. The number of nitrogens with zero attached hydrogens (tertiary/aromatic N) is 2. The van der Waals surface area contributed by atoms with Gasteiger partial charge in [0.2, 0.25) is 5.91 Å². The van der Waals surface area contributed by atoms with Gasteiger partial charge in [0.05, 0.1) is 5.92 Å². The zero-order valence-electron chi connectivity index (χ0n) is 13.3. The molecule has 2 fully saturated rings. The summed E-state index contributed by atoms with van der Waals surface area (Å²) in [5.41, 5.74) is 2.52. The molecule has 2 heterocycles. The van der Waals surface area contributed by atoms with Crippen LogP contribution in [-0.4, -0.2) is 62.0 Å². The maximum Gasteiger partial charge on any atom is 0.225 e. The third-order valence-electron chi connectivity index (χ3n) is 4.64. The Labute approximate surface area is 132 Å². The molecule has 22 heavy (non-hydrogen) atoms. The van der Waals surface area contributed by atoms with Gasteiger partial charge in [-0.2, -0.15) is 0 Å². The number of piperazine rings is 1. The first-order valence-corrected chi connectivity index (χ1v) is 8.18. The molecule has 0 aliphatic carbocycles. The van der Waals surface area contributed by atoms with E-state index in [2.05, 4.69) is 51.7 Å². The van der Waals surface area contributed by atoms with Crippen LogP contribution in [-0.2, 0) is 17.9 Å². The molecule has 0 radical (unpaired) electrons. The highest BCUT2D eigenvalue weighted by atomic mass is 16.2. The molecule has 0 bridgehead atoms. The first kappa shape index (κ1) is 15.5. The number of amides is 1. The van der Waals surface area contributed by atoms with E-state index in [0.29, 0.717) is 6.54 Å². The van der Waals surface area contributed by atoms with Gasteiger partial charge in [0.1, 0.15) is 0 Å². The molecule has 0 atom stereocenters. The molecular formula is C17H26N4O. The molecule has 0 spiro atoms. The highest BCUT2D eigenvalue weighted by Gasteiger charge is 2.24. The van der Waals surface area contributed by atoms with Crippen LogP contribution in [0.1, 0.15) is 11.1 Å². The van der Waals surface area contributed by atoms with E-state index in [9.17, 15) is 4.79 Å². The number of hydrogen-bond acceptors (Lipinski definition) is 4. The Morgan fingerprint density at radius 3 is 2.36 bits per heavy atom. The third kappa shape index (κ3) is 4.06. The summed E-state index contributed by atoms with van der Waals surface area (Å²) in [6.07, 6.45) is 0. The Hall–Kier alpha value is -1.43. The number of rotatable bonds is 5. The summed E-state index contributed by atoms with van der Waals surface area (Å²) < 4.78 is 0. The fourth-order valence-electron chi connectivity index (χ4n) is 2.83. The highest BCUT2D eigenvalue weighted by Crippen LogP contribution is 2.10. The number of nitrogens with one attached hydrogen (secondary N) is 2. The lowest BCUT2D eigenvalue weighted by atomic mass is 10.0. The van der Waals surface area contributed by atoms with E-state index in [0.717, 1.165) is 45.8 Å². The second-order valence-electron chi connectivity index (χ2n) is 6.47. The smallest absolute Gasteiger partial charge is 0.225 e. The first-order chi connectivity index (χ1) is 10.7. The van der Waals surface area contributed by atoms with Crippen LogP contribution < -0.4 is 10.6 Å². The summed E-state index contributed by atoms with van der Waals surface area (Å²) in [6, 6.07) is 8.63. The van der Waals surface area contributed by atoms with E-state index in [1.165, 1.54) is 11.1 Å². The van der Waals surface area contributed by atoms with Gasteiger partial charge in [-0.3, -0.25) is 9.69 Å². The third-order valence-corrected chi connectivity index (χ3v) is 4.64. The van der Waals surface area contributed by atoms with Crippen molar-refractivity contribution in [1.29, 1.82) is 0 Å². The second kappa shape index (κ2) is 7.22. The van der Waals surface area contributed by atoms with Crippen LogP contribution in [0.2, 0.25) is 0 Å². The van der Waals surface area contributed by atoms with Crippen molar-refractivity contribution in [3.8, 4) is 0 Å². The monoisotopic (exact) mass is 302 g/mol. The van der Waals surface area contributed by atoms with Crippen molar-refractivity contribution in [2.45, 2.75) is 13.1 Å². The van der Waals surface area contributed by atoms with E-state index in [1.54, 1.807) is 0 Å². The average molecular weight is 302 g/mol. The van der Waals surface area contributed by atoms with E-state index >= 15 is 0 Å².